The molecule has 0 saturated carbocycles. The SMILES string of the molecule is O=CCNC(=O)NCC1CCS(=O)(=O)CC1. The molecule has 7 heteroatoms. The third kappa shape index (κ3) is 4.61. The Kier molecular flexibility index (Phi) is 4.72. The summed E-state index contributed by atoms with van der Waals surface area (Å²) in [7, 11) is -2.84. The van der Waals surface area contributed by atoms with Crippen LogP contribution in [0.25, 0.3) is 0 Å². The number of hydrogen-bond donors (Lipinski definition) is 2. The number of nitrogens with one attached hydrogen (secondary N) is 2. The summed E-state index contributed by atoms with van der Waals surface area (Å²) in [5.41, 5.74) is 0. The molecule has 0 atom stereocenters. The maximum absolute atomic E-state index is 11.1. The van der Waals surface area contributed by atoms with Crippen molar-refractivity contribution in [2.75, 3.05) is 24.6 Å². The molecule has 1 rings (SSSR count). The number of carbonyl (C=O) groups excluding carboxylic acids is 2. The first-order chi connectivity index (χ1) is 7.53. The quantitative estimate of drug-likeness (QED) is 0.644. The Morgan fingerprint density at radius 3 is 2.44 bits per heavy atom. The van der Waals surface area contributed by atoms with Crippen molar-refractivity contribution in [1.82, 2.24) is 10.6 Å². The minimum absolute atomic E-state index is 0.00905. The molecule has 1 aliphatic rings. The molecule has 0 aliphatic carbocycles. The number of aldehydes is 1. The zero-order valence-corrected chi connectivity index (χ0v) is 9.76. The Balaban J connectivity index is 2.19. The van der Waals surface area contributed by atoms with Gasteiger partial charge in [-0.15, -0.1) is 0 Å². The maximum Gasteiger partial charge on any atom is 0.315 e. The van der Waals surface area contributed by atoms with Crippen LogP contribution in [-0.4, -0.2) is 45.3 Å². The van der Waals surface area contributed by atoms with E-state index >= 15 is 0 Å². The van der Waals surface area contributed by atoms with E-state index < -0.39 is 9.84 Å². The highest BCUT2D eigenvalue weighted by atomic mass is 32.2. The smallest absolute Gasteiger partial charge is 0.315 e. The van der Waals surface area contributed by atoms with Crippen molar-refractivity contribution in [1.29, 1.82) is 0 Å². The first-order valence-electron chi connectivity index (χ1n) is 5.19. The summed E-state index contributed by atoms with van der Waals surface area (Å²) in [4.78, 5) is 21.1. The summed E-state index contributed by atoms with van der Waals surface area (Å²) >= 11 is 0. The lowest BCUT2D eigenvalue weighted by Gasteiger charge is -2.21. The Bertz CT molecular complexity index is 339. The predicted molar refractivity (Wildman–Crippen MR) is 58.8 cm³/mol. The van der Waals surface area contributed by atoms with Crippen molar-refractivity contribution in [3.8, 4) is 0 Å². The van der Waals surface area contributed by atoms with Crippen LogP contribution in [0, 0.1) is 5.92 Å². The van der Waals surface area contributed by atoms with E-state index in [1.54, 1.807) is 0 Å². The average molecular weight is 248 g/mol. The van der Waals surface area contributed by atoms with Crippen molar-refractivity contribution in [2.45, 2.75) is 12.8 Å². The molecule has 1 aliphatic heterocycles. The van der Waals surface area contributed by atoms with Crippen LogP contribution < -0.4 is 10.6 Å². The van der Waals surface area contributed by atoms with Gasteiger partial charge in [0.15, 0.2) is 0 Å². The second-order valence-electron chi connectivity index (χ2n) is 3.85. The number of sulfone groups is 1. The van der Waals surface area contributed by atoms with Gasteiger partial charge >= 0.3 is 6.03 Å². The highest BCUT2D eigenvalue weighted by Crippen LogP contribution is 2.17. The first-order valence-corrected chi connectivity index (χ1v) is 7.01. The maximum atomic E-state index is 11.1. The second kappa shape index (κ2) is 5.83. The third-order valence-electron chi connectivity index (χ3n) is 2.57. The van der Waals surface area contributed by atoms with Crippen molar-refractivity contribution in [3.05, 3.63) is 0 Å². The van der Waals surface area contributed by atoms with Crippen LogP contribution in [-0.2, 0) is 14.6 Å². The third-order valence-corrected chi connectivity index (χ3v) is 4.29. The minimum atomic E-state index is -2.84. The van der Waals surface area contributed by atoms with E-state index in [9.17, 15) is 18.0 Å². The molecule has 92 valence electrons. The van der Waals surface area contributed by atoms with Gasteiger partial charge in [0.2, 0.25) is 0 Å². The van der Waals surface area contributed by atoms with Crippen LogP contribution in [0.3, 0.4) is 0 Å². The fraction of sp³-hybridized carbons (Fsp3) is 0.778. The molecule has 0 aromatic rings. The highest BCUT2D eigenvalue weighted by molar-refractivity contribution is 7.91. The zero-order valence-electron chi connectivity index (χ0n) is 8.94. The fourth-order valence-corrected chi connectivity index (χ4v) is 3.17. The zero-order chi connectivity index (χ0) is 12.0. The number of rotatable bonds is 4. The number of hydrogen-bond acceptors (Lipinski definition) is 4. The van der Waals surface area contributed by atoms with Gasteiger partial charge in [-0.1, -0.05) is 0 Å². The molecule has 16 heavy (non-hydrogen) atoms. The summed E-state index contributed by atoms with van der Waals surface area (Å²) in [6.07, 6.45) is 1.79. The van der Waals surface area contributed by atoms with Gasteiger partial charge < -0.3 is 15.4 Å². The first kappa shape index (κ1) is 13.0. The molecule has 1 fully saturated rings. The molecular formula is C9H16N2O4S. The summed E-state index contributed by atoms with van der Waals surface area (Å²) in [6.45, 7) is 0.449. The summed E-state index contributed by atoms with van der Waals surface area (Å²) in [5.74, 6) is 0.621. The molecule has 0 bridgehead atoms. The predicted octanol–water partition coefficient (Wildman–Crippen LogP) is -0.691. The standard InChI is InChI=1S/C9H16N2O4S/c12-4-3-10-9(13)11-7-8-1-5-16(14,15)6-2-8/h4,8H,1-3,5-7H2,(H2,10,11,13). The van der Waals surface area contributed by atoms with E-state index in [0.29, 0.717) is 25.7 Å². The Hall–Kier alpha value is -1.11. The topological polar surface area (TPSA) is 92.3 Å². The van der Waals surface area contributed by atoms with Gasteiger partial charge in [-0.25, -0.2) is 13.2 Å². The van der Waals surface area contributed by atoms with E-state index in [4.69, 9.17) is 0 Å². The molecule has 1 saturated heterocycles. The van der Waals surface area contributed by atoms with Gasteiger partial charge in [0, 0.05) is 6.54 Å². The molecule has 0 spiro atoms. The van der Waals surface area contributed by atoms with Crippen LogP contribution in [0.5, 0.6) is 0 Å². The Morgan fingerprint density at radius 1 is 1.25 bits per heavy atom. The van der Waals surface area contributed by atoms with E-state index in [0.717, 1.165) is 0 Å². The van der Waals surface area contributed by atoms with Crippen molar-refractivity contribution in [2.24, 2.45) is 5.92 Å². The lowest BCUT2D eigenvalue weighted by molar-refractivity contribution is -0.107. The van der Waals surface area contributed by atoms with Gasteiger partial charge in [-0.3, -0.25) is 0 Å². The molecule has 0 aromatic heterocycles. The molecule has 2 amide bonds. The summed E-state index contributed by atoms with van der Waals surface area (Å²) in [6, 6.07) is -0.388. The second-order valence-corrected chi connectivity index (χ2v) is 6.16. The highest BCUT2D eigenvalue weighted by Gasteiger charge is 2.23. The summed E-state index contributed by atoms with van der Waals surface area (Å²) < 4.78 is 22.3. The molecule has 2 N–H and O–H groups in total. The molecule has 0 unspecified atom stereocenters. The van der Waals surface area contributed by atoms with Crippen molar-refractivity contribution in [3.63, 3.8) is 0 Å². The van der Waals surface area contributed by atoms with Crippen molar-refractivity contribution < 1.29 is 18.0 Å². The largest absolute Gasteiger partial charge is 0.338 e. The number of amides is 2. The molecule has 0 aromatic carbocycles. The fourth-order valence-electron chi connectivity index (χ4n) is 1.58. The van der Waals surface area contributed by atoms with Gasteiger partial charge in [0.05, 0.1) is 18.1 Å². The molecule has 0 radical (unpaired) electrons. The van der Waals surface area contributed by atoms with Crippen LogP contribution >= 0.6 is 0 Å². The van der Waals surface area contributed by atoms with Crippen LogP contribution in [0.1, 0.15) is 12.8 Å². The van der Waals surface area contributed by atoms with Crippen LogP contribution in [0.4, 0.5) is 4.79 Å². The van der Waals surface area contributed by atoms with Gasteiger partial charge in [-0.2, -0.15) is 0 Å². The van der Waals surface area contributed by atoms with Gasteiger partial charge in [0.1, 0.15) is 16.1 Å². The van der Waals surface area contributed by atoms with E-state index in [1.807, 2.05) is 0 Å². The lowest BCUT2D eigenvalue weighted by atomic mass is 10.0. The molecular weight excluding hydrogens is 232 g/mol. The van der Waals surface area contributed by atoms with Crippen LogP contribution in [0.15, 0.2) is 0 Å². The number of urea groups is 1. The van der Waals surface area contributed by atoms with Gasteiger partial charge in [-0.05, 0) is 18.8 Å². The van der Waals surface area contributed by atoms with E-state index in [1.165, 1.54) is 0 Å². The number of carbonyl (C=O) groups is 2. The van der Waals surface area contributed by atoms with Gasteiger partial charge in [0.25, 0.3) is 0 Å². The monoisotopic (exact) mass is 248 g/mol. The Labute approximate surface area is 94.7 Å². The van der Waals surface area contributed by atoms with Crippen LogP contribution in [0.2, 0.25) is 0 Å². The molecule has 6 nitrogen and oxygen atoms in total. The lowest BCUT2D eigenvalue weighted by Crippen LogP contribution is -2.40. The van der Waals surface area contributed by atoms with E-state index in [-0.39, 0.29) is 30.0 Å². The normalized spacial score (nSPS) is 20.0. The average Bonchev–Trinajstić information content (AvgIpc) is 2.25. The van der Waals surface area contributed by atoms with E-state index in [2.05, 4.69) is 10.6 Å². The summed E-state index contributed by atoms with van der Waals surface area (Å²) in [5, 5.41) is 4.96. The van der Waals surface area contributed by atoms with Crippen molar-refractivity contribution >= 4 is 22.2 Å². The minimum Gasteiger partial charge on any atom is -0.338 e. The molecule has 1 heterocycles. The Morgan fingerprint density at radius 2 is 1.88 bits per heavy atom.